The molecule has 1 N–H and O–H groups in total. The number of nitrogens with one attached hydrogen (secondary N) is 1. The number of aryl methyl sites for hydroxylation is 1. The molecular formula is C12H19BrClNS. The molecule has 0 atom stereocenters. The SMILES string of the molecule is CCNCCCCCCc1cc(Br)c(Cl)s1. The lowest BCUT2D eigenvalue weighted by molar-refractivity contribution is 0.599. The molecule has 1 aromatic heterocycles. The molecule has 0 fully saturated rings. The minimum absolute atomic E-state index is 0.877. The smallest absolute Gasteiger partial charge is 0.107 e. The van der Waals surface area contributed by atoms with Gasteiger partial charge in [-0.2, -0.15) is 0 Å². The van der Waals surface area contributed by atoms with Crippen LogP contribution in [0.3, 0.4) is 0 Å². The second-order valence-corrected chi connectivity index (χ2v) is 6.45. The Morgan fingerprint density at radius 2 is 2.06 bits per heavy atom. The van der Waals surface area contributed by atoms with E-state index in [1.807, 2.05) is 0 Å². The van der Waals surface area contributed by atoms with Crippen LogP contribution >= 0.6 is 38.9 Å². The zero-order valence-corrected chi connectivity index (χ0v) is 12.8. The molecule has 1 rings (SSSR count). The summed E-state index contributed by atoms with van der Waals surface area (Å²) in [7, 11) is 0. The van der Waals surface area contributed by atoms with Gasteiger partial charge in [0.25, 0.3) is 0 Å². The molecule has 0 bridgehead atoms. The van der Waals surface area contributed by atoms with Crippen molar-refractivity contribution in [3.05, 3.63) is 19.8 Å². The molecule has 1 heterocycles. The van der Waals surface area contributed by atoms with Crippen LogP contribution in [0.15, 0.2) is 10.5 Å². The molecule has 0 aliphatic carbocycles. The molecular weight excluding hydrogens is 306 g/mol. The van der Waals surface area contributed by atoms with Gasteiger partial charge in [0, 0.05) is 9.35 Å². The molecule has 0 saturated carbocycles. The normalized spacial score (nSPS) is 10.9. The van der Waals surface area contributed by atoms with Gasteiger partial charge in [-0.15, -0.1) is 11.3 Å². The lowest BCUT2D eigenvalue weighted by atomic mass is 10.1. The summed E-state index contributed by atoms with van der Waals surface area (Å²) in [4.78, 5) is 1.39. The van der Waals surface area contributed by atoms with E-state index in [2.05, 4.69) is 34.2 Å². The summed E-state index contributed by atoms with van der Waals surface area (Å²) in [6.45, 7) is 4.40. The van der Waals surface area contributed by atoms with Gasteiger partial charge in [-0.25, -0.2) is 0 Å². The molecule has 16 heavy (non-hydrogen) atoms. The Balaban J connectivity index is 2.03. The van der Waals surface area contributed by atoms with Crippen LogP contribution in [0.1, 0.15) is 37.5 Å². The molecule has 0 amide bonds. The third-order valence-corrected chi connectivity index (χ3v) is 5.01. The Morgan fingerprint density at radius 1 is 1.31 bits per heavy atom. The first-order chi connectivity index (χ1) is 7.74. The highest BCUT2D eigenvalue weighted by Gasteiger charge is 2.03. The highest BCUT2D eigenvalue weighted by molar-refractivity contribution is 9.10. The fourth-order valence-corrected chi connectivity index (χ4v) is 3.43. The average Bonchev–Trinajstić information content (AvgIpc) is 2.57. The number of halogens is 2. The van der Waals surface area contributed by atoms with Crippen LogP contribution in [-0.4, -0.2) is 13.1 Å². The van der Waals surface area contributed by atoms with Crippen molar-refractivity contribution in [2.45, 2.75) is 39.0 Å². The molecule has 1 aromatic rings. The summed E-state index contributed by atoms with van der Waals surface area (Å²) in [5.74, 6) is 0. The standard InChI is InChI=1S/C12H19BrClNS/c1-2-15-8-6-4-3-5-7-10-9-11(13)12(14)16-10/h9,15H,2-8H2,1H3. The fraction of sp³-hybridized carbons (Fsp3) is 0.667. The van der Waals surface area contributed by atoms with E-state index >= 15 is 0 Å². The minimum atomic E-state index is 0.877. The van der Waals surface area contributed by atoms with Gasteiger partial charge in [0.05, 0.1) is 0 Å². The van der Waals surface area contributed by atoms with Crippen molar-refractivity contribution >= 4 is 38.9 Å². The summed E-state index contributed by atoms with van der Waals surface area (Å²) >= 11 is 11.1. The summed E-state index contributed by atoms with van der Waals surface area (Å²) < 4.78 is 1.92. The van der Waals surface area contributed by atoms with Gasteiger partial charge in [-0.3, -0.25) is 0 Å². The largest absolute Gasteiger partial charge is 0.317 e. The Morgan fingerprint density at radius 3 is 2.69 bits per heavy atom. The Kier molecular flexibility index (Phi) is 7.71. The van der Waals surface area contributed by atoms with Crippen molar-refractivity contribution in [3.63, 3.8) is 0 Å². The second kappa shape index (κ2) is 8.51. The molecule has 0 spiro atoms. The zero-order valence-electron chi connectivity index (χ0n) is 9.69. The number of thiophene rings is 1. The first-order valence-electron chi connectivity index (χ1n) is 5.88. The Labute approximate surface area is 116 Å². The van der Waals surface area contributed by atoms with Crippen LogP contribution in [0, 0.1) is 0 Å². The summed E-state index contributed by atoms with van der Waals surface area (Å²) in [5, 5.41) is 3.35. The number of hydrogen-bond acceptors (Lipinski definition) is 2. The molecule has 1 nitrogen and oxygen atoms in total. The quantitative estimate of drug-likeness (QED) is 0.672. The predicted octanol–water partition coefficient (Wildman–Crippen LogP) is 4.88. The predicted molar refractivity (Wildman–Crippen MR) is 77.7 cm³/mol. The van der Waals surface area contributed by atoms with E-state index in [4.69, 9.17) is 11.6 Å². The van der Waals surface area contributed by atoms with Gasteiger partial charge in [0.1, 0.15) is 4.34 Å². The molecule has 0 aliphatic rings. The summed E-state index contributed by atoms with van der Waals surface area (Å²) in [6, 6.07) is 2.14. The number of hydrogen-bond donors (Lipinski definition) is 1. The maximum atomic E-state index is 5.99. The van der Waals surface area contributed by atoms with Crippen molar-refractivity contribution < 1.29 is 0 Å². The van der Waals surface area contributed by atoms with E-state index in [9.17, 15) is 0 Å². The van der Waals surface area contributed by atoms with E-state index in [1.54, 1.807) is 11.3 Å². The zero-order chi connectivity index (χ0) is 11.8. The van der Waals surface area contributed by atoms with Crippen LogP contribution in [0.25, 0.3) is 0 Å². The van der Waals surface area contributed by atoms with Crippen LogP contribution in [0.4, 0.5) is 0 Å². The van der Waals surface area contributed by atoms with Crippen molar-refractivity contribution in [3.8, 4) is 0 Å². The summed E-state index contributed by atoms with van der Waals surface area (Å²) in [6.07, 6.45) is 6.38. The Bertz CT molecular complexity index is 282. The second-order valence-electron chi connectivity index (χ2n) is 3.85. The van der Waals surface area contributed by atoms with Crippen molar-refractivity contribution in [2.24, 2.45) is 0 Å². The molecule has 0 saturated heterocycles. The van der Waals surface area contributed by atoms with E-state index in [-0.39, 0.29) is 0 Å². The molecule has 0 aliphatic heterocycles. The minimum Gasteiger partial charge on any atom is -0.317 e. The monoisotopic (exact) mass is 323 g/mol. The highest BCUT2D eigenvalue weighted by Crippen LogP contribution is 2.32. The van der Waals surface area contributed by atoms with E-state index in [0.29, 0.717) is 0 Å². The molecule has 4 heteroatoms. The van der Waals surface area contributed by atoms with Crippen molar-refractivity contribution in [2.75, 3.05) is 13.1 Å². The van der Waals surface area contributed by atoms with Crippen LogP contribution in [0.5, 0.6) is 0 Å². The van der Waals surface area contributed by atoms with Gasteiger partial charge >= 0.3 is 0 Å². The molecule has 0 unspecified atom stereocenters. The topological polar surface area (TPSA) is 12.0 Å². The fourth-order valence-electron chi connectivity index (χ4n) is 1.59. The van der Waals surface area contributed by atoms with Crippen LogP contribution in [-0.2, 0) is 6.42 Å². The maximum absolute atomic E-state index is 5.99. The third kappa shape index (κ3) is 5.67. The summed E-state index contributed by atoms with van der Waals surface area (Å²) in [5.41, 5.74) is 0. The lowest BCUT2D eigenvalue weighted by Gasteiger charge is -2.01. The van der Waals surface area contributed by atoms with Gasteiger partial charge in [-0.05, 0) is 54.3 Å². The maximum Gasteiger partial charge on any atom is 0.107 e. The van der Waals surface area contributed by atoms with Gasteiger partial charge < -0.3 is 5.32 Å². The number of rotatable bonds is 8. The molecule has 92 valence electrons. The van der Waals surface area contributed by atoms with Crippen molar-refractivity contribution in [1.29, 1.82) is 0 Å². The molecule has 0 radical (unpaired) electrons. The molecule has 0 aromatic carbocycles. The average molecular weight is 325 g/mol. The first kappa shape index (κ1) is 14.5. The van der Waals surface area contributed by atoms with Gasteiger partial charge in [0.2, 0.25) is 0 Å². The van der Waals surface area contributed by atoms with E-state index < -0.39 is 0 Å². The first-order valence-corrected chi connectivity index (χ1v) is 7.87. The third-order valence-electron chi connectivity index (χ3n) is 2.47. The van der Waals surface area contributed by atoms with Crippen LogP contribution in [0.2, 0.25) is 4.34 Å². The lowest BCUT2D eigenvalue weighted by Crippen LogP contribution is -2.13. The number of unbranched alkanes of at least 4 members (excludes halogenated alkanes) is 3. The van der Waals surface area contributed by atoms with E-state index in [0.717, 1.165) is 28.3 Å². The van der Waals surface area contributed by atoms with Crippen LogP contribution < -0.4 is 5.32 Å². The highest BCUT2D eigenvalue weighted by atomic mass is 79.9. The van der Waals surface area contributed by atoms with Gasteiger partial charge in [-0.1, -0.05) is 31.4 Å². The van der Waals surface area contributed by atoms with Gasteiger partial charge in [0.15, 0.2) is 0 Å². The van der Waals surface area contributed by atoms with Crippen molar-refractivity contribution in [1.82, 2.24) is 5.32 Å². The Hall–Kier alpha value is 0.430. The van der Waals surface area contributed by atoms with E-state index in [1.165, 1.54) is 30.6 Å².